The molecule has 18 rings (SSSR count). The summed E-state index contributed by atoms with van der Waals surface area (Å²) in [5.74, 6) is 0. The second-order valence-corrected chi connectivity index (χ2v) is 33.2. The predicted molar refractivity (Wildman–Crippen MR) is 365 cm³/mol. The minimum atomic E-state index is -0.303. The van der Waals surface area contributed by atoms with Crippen LogP contribution in [0.3, 0.4) is 0 Å². The minimum Gasteiger partial charge on any atom is -0.456 e. The van der Waals surface area contributed by atoms with Crippen molar-refractivity contribution in [2.24, 2.45) is 0 Å². The van der Waals surface area contributed by atoms with Gasteiger partial charge in [-0.3, -0.25) is 0 Å². The van der Waals surface area contributed by atoms with Gasteiger partial charge in [0.15, 0.2) is 0 Å². The summed E-state index contributed by atoms with van der Waals surface area (Å²) in [6, 6.07) is 52.3. The van der Waals surface area contributed by atoms with Crippen molar-refractivity contribution in [1.82, 2.24) is 0 Å². The molecular formula is C79H82BN3OS. The standard InChI is InChI=1S/C79H82BN3OS/c1-72(2,3)45-22-28-59-56(39-45)78(14)32-18-19-33-79(78,15)83(59)48-41-62-69-63(42-48)82-60-29-26-52(71-67(60)49-20-16-17-21-66(49)85-71)77(12,13)46-23-30-64-50(38-46)68-65(84-64)31-27-57(70(68)82)80(69)58-43-54-55(76(10,11)37-36-75(54,8)9)44-61(58)81(62)47-24-25-51-53(40-47)74(6,7)35-34-73(51,4)5/h16-17,20-31,38-44H,18-19,32-37H2,1-15H3. The van der Waals surface area contributed by atoms with Crippen molar-refractivity contribution in [1.29, 1.82) is 0 Å². The molecule has 0 radical (unpaired) electrons. The van der Waals surface area contributed by atoms with E-state index >= 15 is 0 Å². The van der Waals surface area contributed by atoms with Crippen LogP contribution in [-0.2, 0) is 37.9 Å². The van der Waals surface area contributed by atoms with Gasteiger partial charge in [-0.05, 0) is 200 Å². The van der Waals surface area contributed by atoms with E-state index in [1.54, 1.807) is 0 Å². The van der Waals surface area contributed by atoms with Gasteiger partial charge in [0.1, 0.15) is 11.2 Å². The third kappa shape index (κ3) is 6.71. The molecule has 2 atom stereocenters. The van der Waals surface area contributed by atoms with Crippen LogP contribution < -0.4 is 31.1 Å². The van der Waals surface area contributed by atoms with E-state index in [0.29, 0.717) is 0 Å². The molecule has 0 spiro atoms. The van der Waals surface area contributed by atoms with E-state index in [4.69, 9.17) is 4.42 Å². The molecule has 5 aliphatic heterocycles. The van der Waals surface area contributed by atoms with Crippen LogP contribution in [0, 0.1) is 0 Å². The van der Waals surface area contributed by atoms with Gasteiger partial charge in [-0.15, -0.1) is 11.3 Å². The molecule has 3 aliphatic carbocycles. The van der Waals surface area contributed by atoms with Crippen molar-refractivity contribution >= 4 is 122 Å². The first kappa shape index (κ1) is 52.6. The minimum absolute atomic E-state index is 0.00272. The van der Waals surface area contributed by atoms with Crippen molar-refractivity contribution in [2.45, 2.75) is 199 Å². The van der Waals surface area contributed by atoms with E-state index in [1.807, 2.05) is 11.3 Å². The van der Waals surface area contributed by atoms with Crippen LogP contribution in [0.15, 0.2) is 132 Å². The first-order chi connectivity index (χ1) is 40.2. The molecule has 1 saturated carbocycles. The highest BCUT2D eigenvalue weighted by Crippen LogP contribution is 2.64. The van der Waals surface area contributed by atoms with Crippen LogP contribution in [0.5, 0.6) is 0 Å². The fourth-order valence-corrected chi connectivity index (χ4v) is 19.8. The van der Waals surface area contributed by atoms with Crippen molar-refractivity contribution < 1.29 is 4.42 Å². The van der Waals surface area contributed by atoms with Gasteiger partial charge in [0.2, 0.25) is 0 Å². The Labute approximate surface area is 508 Å². The zero-order valence-electron chi connectivity index (χ0n) is 53.0. The average Bonchev–Trinajstić information content (AvgIpc) is 1.69. The molecule has 4 bridgehead atoms. The summed E-state index contributed by atoms with van der Waals surface area (Å²) in [5, 5.41) is 5.05. The van der Waals surface area contributed by atoms with Crippen LogP contribution in [-0.4, -0.2) is 12.3 Å². The molecule has 85 heavy (non-hydrogen) atoms. The molecule has 428 valence electrons. The van der Waals surface area contributed by atoms with Crippen LogP contribution in [0.1, 0.15) is 200 Å². The lowest BCUT2D eigenvalue weighted by Crippen LogP contribution is -2.62. The molecule has 8 aromatic carbocycles. The summed E-state index contributed by atoms with van der Waals surface area (Å²) < 4.78 is 9.85. The summed E-state index contributed by atoms with van der Waals surface area (Å²) in [4.78, 5) is 8.47. The molecule has 4 nitrogen and oxygen atoms in total. The SMILES string of the molecule is CC(C)(C)c1ccc2c(c1)C1(C)CCCCC1(C)N2c1cc2c3c(c1)N1c4c(ccc5oc6ccc(cc6c45)C(C)(C)c4ccc1c1c4sc4ccccc41)B3c1cc3c(cc1N2c1ccc2c(c1)C(C)(C)CCC2(C)C)C(C)(C)CCC3(C)C. The maximum atomic E-state index is 7.16. The molecule has 1 fully saturated rings. The zero-order chi connectivity index (χ0) is 58.8. The fraction of sp³-hybridized carbons (Fsp3) is 0.392. The van der Waals surface area contributed by atoms with Crippen LogP contribution in [0.4, 0.5) is 45.5 Å². The molecule has 10 aromatic rings. The molecule has 0 amide bonds. The third-order valence-corrected chi connectivity index (χ3v) is 25.3. The maximum Gasteiger partial charge on any atom is 0.252 e. The Hall–Kier alpha value is -6.76. The van der Waals surface area contributed by atoms with Gasteiger partial charge >= 0.3 is 0 Å². The smallest absolute Gasteiger partial charge is 0.252 e. The second kappa shape index (κ2) is 16.4. The lowest BCUT2D eigenvalue weighted by molar-refractivity contribution is 0.195. The fourth-order valence-electron chi connectivity index (χ4n) is 18.4. The van der Waals surface area contributed by atoms with Gasteiger partial charge in [-0.1, -0.05) is 170 Å². The summed E-state index contributed by atoms with van der Waals surface area (Å²) in [6.45, 7) is 37.3. The monoisotopic (exact) mass is 1130 g/mol. The third-order valence-electron chi connectivity index (χ3n) is 24.1. The van der Waals surface area contributed by atoms with Gasteiger partial charge in [-0.2, -0.15) is 0 Å². The Balaban J connectivity index is 1.07. The first-order valence-electron chi connectivity index (χ1n) is 32.2. The molecule has 0 N–H and O–H groups in total. The molecule has 8 aliphatic rings. The molecule has 7 heterocycles. The van der Waals surface area contributed by atoms with Crippen LogP contribution >= 0.6 is 11.3 Å². The molecule has 2 aromatic heterocycles. The Bertz CT molecular complexity index is 4650. The number of furan rings is 1. The molecular weight excluding hydrogens is 1050 g/mol. The Morgan fingerprint density at radius 2 is 1.12 bits per heavy atom. The first-order valence-corrected chi connectivity index (χ1v) is 33.1. The van der Waals surface area contributed by atoms with Crippen LogP contribution in [0.2, 0.25) is 0 Å². The number of thiophene rings is 1. The number of benzene rings is 8. The zero-order valence-corrected chi connectivity index (χ0v) is 53.8. The maximum absolute atomic E-state index is 7.16. The molecule has 0 saturated heterocycles. The molecule has 6 heteroatoms. The lowest BCUT2D eigenvalue weighted by Gasteiger charge is -2.51. The van der Waals surface area contributed by atoms with Gasteiger partial charge < -0.3 is 19.1 Å². The average molecular weight is 1130 g/mol. The summed E-state index contributed by atoms with van der Waals surface area (Å²) in [7, 11) is 0. The summed E-state index contributed by atoms with van der Waals surface area (Å²) in [5.41, 5.74) is 27.4. The second-order valence-electron chi connectivity index (χ2n) is 32.1. The Morgan fingerprint density at radius 1 is 0.471 bits per heavy atom. The van der Waals surface area contributed by atoms with Gasteiger partial charge in [0, 0.05) is 70.5 Å². The number of rotatable bonds is 2. The van der Waals surface area contributed by atoms with Crippen molar-refractivity contribution in [3.05, 3.63) is 172 Å². The number of fused-ring (bicyclic) bond motifs is 10. The van der Waals surface area contributed by atoms with E-state index < -0.39 is 0 Å². The highest BCUT2D eigenvalue weighted by Gasteiger charge is 2.59. The summed E-state index contributed by atoms with van der Waals surface area (Å²) >= 11 is 1.97. The topological polar surface area (TPSA) is 22.9 Å². The van der Waals surface area contributed by atoms with E-state index in [-0.39, 0.29) is 50.2 Å². The number of anilines is 8. The van der Waals surface area contributed by atoms with Crippen molar-refractivity contribution in [2.75, 3.05) is 14.7 Å². The van der Waals surface area contributed by atoms with E-state index in [1.165, 1.54) is 157 Å². The largest absolute Gasteiger partial charge is 0.456 e. The lowest BCUT2D eigenvalue weighted by atomic mass is 9.33. The van der Waals surface area contributed by atoms with Crippen molar-refractivity contribution in [3.63, 3.8) is 0 Å². The normalized spacial score (nSPS) is 23.1. The predicted octanol–water partition coefficient (Wildman–Crippen LogP) is 20.4. The van der Waals surface area contributed by atoms with E-state index in [9.17, 15) is 0 Å². The quantitative estimate of drug-likeness (QED) is 0.161. The highest BCUT2D eigenvalue weighted by molar-refractivity contribution is 7.26. The van der Waals surface area contributed by atoms with Gasteiger partial charge in [-0.25, -0.2) is 0 Å². The number of nitrogens with zero attached hydrogens (tertiary/aromatic N) is 3. The Morgan fingerprint density at radius 3 is 1.86 bits per heavy atom. The van der Waals surface area contributed by atoms with Gasteiger partial charge in [0.05, 0.1) is 22.3 Å². The highest BCUT2D eigenvalue weighted by atomic mass is 32.1. The number of hydrogen-bond donors (Lipinski definition) is 0. The van der Waals surface area contributed by atoms with Crippen molar-refractivity contribution in [3.8, 4) is 0 Å². The molecule has 2 unspecified atom stereocenters. The van der Waals surface area contributed by atoms with E-state index in [0.717, 1.165) is 43.3 Å². The van der Waals surface area contributed by atoms with Gasteiger partial charge in [0.25, 0.3) is 6.71 Å². The van der Waals surface area contributed by atoms with E-state index in [2.05, 4.69) is 246 Å². The van der Waals surface area contributed by atoms with Crippen LogP contribution in [0.25, 0.3) is 42.1 Å². The Kier molecular flexibility index (Phi) is 10.2. The number of hydrogen-bond acceptors (Lipinski definition) is 5. The summed E-state index contributed by atoms with van der Waals surface area (Å²) in [6.07, 6.45) is 9.37.